The lowest BCUT2D eigenvalue weighted by Crippen LogP contribution is -2.38. The monoisotopic (exact) mass is 435 g/mol. The van der Waals surface area contributed by atoms with Gasteiger partial charge in [-0.3, -0.25) is 14.5 Å². The maximum absolute atomic E-state index is 12.8. The number of nitrogens with one attached hydrogen (secondary N) is 2. The van der Waals surface area contributed by atoms with Crippen LogP contribution in [0, 0.1) is 18.8 Å². The zero-order chi connectivity index (χ0) is 23.1. The van der Waals surface area contributed by atoms with Gasteiger partial charge in [-0.2, -0.15) is 0 Å². The van der Waals surface area contributed by atoms with E-state index in [1.807, 2.05) is 37.3 Å². The van der Waals surface area contributed by atoms with Crippen LogP contribution in [0.25, 0.3) is 0 Å². The van der Waals surface area contributed by atoms with E-state index in [0.29, 0.717) is 6.54 Å². The van der Waals surface area contributed by atoms with E-state index in [-0.39, 0.29) is 24.3 Å². The summed E-state index contributed by atoms with van der Waals surface area (Å²) in [5, 5.41) is 5.98. The lowest BCUT2D eigenvalue weighted by molar-refractivity contribution is -0.122. The minimum Gasteiger partial charge on any atom is -0.352 e. The number of hydrogen-bond acceptors (Lipinski definition) is 3. The van der Waals surface area contributed by atoms with Gasteiger partial charge in [0.25, 0.3) is 0 Å². The van der Waals surface area contributed by atoms with E-state index in [2.05, 4.69) is 47.6 Å². The van der Waals surface area contributed by atoms with Gasteiger partial charge in [-0.05, 0) is 41.9 Å². The van der Waals surface area contributed by atoms with Crippen molar-refractivity contribution in [1.82, 2.24) is 15.5 Å². The molecule has 32 heavy (non-hydrogen) atoms. The number of amides is 2. The number of aryl methyl sites for hydroxylation is 1. The molecule has 2 N–H and O–H groups in total. The van der Waals surface area contributed by atoms with Crippen molar-refractivity contribution in [3.63, 3.8) is 0 Å². The van der Waals surface area contributed by atoms with Crippen LogP contribution in [0.3, 0.4) is 0 Å². The first kappa shape index (κ1) is 24.0. The first-order valence-corrected chi connectivity index (χ1v) is 11.7. The first-order chi connectivity index (χ1) is 15.3. The Labute approximate surface area is 192 Å². The molecule has 2 aromatic rings. The number of carbonyl (C=O) groups is 2. The molecule has 0 bridgehead atoms. The summed E-state index contributed by atoms with van der Waals surface area (Å²) in [6, 6.07) is 16.0. The molecule has 0 radical (unpaired) electrons. The summed E-state index contributed by atoms with van der Waals surface area (Å²) < 4.78 is 0. The minimum absolute atomic E-state index is 0.0701. The third kappa shape index (κ3) is 7.20. The molecular weight excluding hydrogens is 398 g/mol. The highest BCUT2D eigenvalue weighted by Crippen LogP contribution is 2.23. The molecule has 2 amide bonds. The molecular formula is C27H37N3O2. The number of carbonyl (C=O) groups excluding carboxylic acids is 2. The SMILES string of the molecule is CC(=O)NC(CC(=O)NCc1ccccc1CN1CC(C)CC(C)C1)c1ccc(C)cc1. The number of likely N-dealkylation sites (tertiary alicyclic amines) is 1. The van der Waals surface area contributed by atoms with Crippen molar-refractivity contribution in [2.75, 3.05) is 13.1 Å². The van der Waals surface area contributed by atoms with Gasteiger partial charge in [-0.25, -0.2) is 0 Å². The molecule has 172 valence electrons. The third-order valence-corrected chi connectivity index (χ3v) is 6.18. The zero-order valence-electron chi connectivity index (χ0n) is 19.9. The Morgan fingerprint density at radius 3 is 2.25 bits per heavy atom. The van der Waals surface area contributed by atoms with Gasteiger partial charge in [0, 0.05) is 33.1 Å². The average Bonchev–Trinajstić information content (AvgIpc) is 2.72. The van der Waals surface area contributed by atoms with E-state index >= 15 is 0 Å². The second-order valence-electron chi connectivity index (χ2n) is 9.55. The minimum atomic E-state index is -0.334. The first-order valence-electron chi connectivity index (χ1n) is 11.7. The van der Waals surface area contributed by atoms with Crippen molar-refractivity contribution in [1.29, 1.82) is 0 Å². The van der Waals surface area contributed by atoms with Crippen LogP contribution in [-0.4, -0.2) is 29.8 Å². The summed E-state index contributed by atoms with van der Waals surface area (Å²) in [7, 11) is 0. The Bertz CT molecular complexity index is 899. The van der Waals surface area contributed by atoms with Crippen LogP contribution >= 0.6 is 0 Å². The zero-order valence-corrected chi connectivity index (χ0v) is 19.9. The summed E-state index contributed by atoms with van der Waals surface area (Å²) in [5.41, 5.74) is 4.51. The molecule has 1 heterocycles. The highest BCUT2D eigenvalue weighted by molar-refractivity contribution is 5.79. The number of benzene rings is 2. The number of rotatable bonds is 8. The van der Waals surface area contributed by atoms with Gasteiger partial charge in [0.1, 0.15) is 0 Å². The predicted molar refractivity (Wildman–Crippen MR) is 129 cm³/mol. The lowest BCUT2D eigenvalue weighted by Gasteiger charge is -2.35. The second-order valence-corrected chi connectivity index (χ2v) is 9.55. The predicted octanol–water partition coefficient (Wildman–Crippen LogP) is 4.36. The Hall–Kier alpha value is -2.66. The quantitative estimate of drug-likeness (QED) is 0.648. The number of piperidine rings is 1. The van der Waals surface area contributed by atoms with Gasteiger partial charge < -0.3 is 10.6 Å². The molecule has 5 heteroatoms. The molecule has 5 nitrogen and oxygen atoms in total. The summed E-state index contributed by atoms with van der Waals surface area (Å²) in [6.45, 7) is 11.8. The largest absolute Gasteiger partial charge is 0.352 e. The van der Waals surface area contributed by atoms with Crippen molar-refractivity contribution in [2.45, 2.75) is 59.7 Å². The maximum Gasteiger partial charge on any atom is 0.222 e. The van der Waals surface area contributed by atoms with Crippen LogP contribution in [0.1, 0.15) is 61.9 Å². The molecule has 1 saturated heterocycles. The van der Waals surface area contributed by atoms with E-state index in [4.69, 9.17) is 0 Å². The number of hydrogen-bond donors (Lipinski definition) is 2. The van der Waals surface area contributed by atoms with Crippen LogP contribution in [-0.2, 0) is 22.7 Å². The molecule has 1 fully saturated rings. The Kier molecular flexibility index (Phi) is 8.46. The highest BCUT2D eigenvalue weighted by atomic mass is 16.2. The normalized spacial score (nSPS) is 19.9. The molecule has 0 aromatic heterocycles. The van der Waals surface area contributed by atoms with Crippen molar-refractivity contribution in [3.8, 4) is 0 Å². The van der Waals surface area contributed by atoms with Crippen LogP contribution in [0.15, 0.2) is 48.5 Å². The van der Waals surface area contributed by atoms with E-state index in [1.165, 1.54) is 18.9 Å². The highest BCUT2D eigenvalue weighted by Gasteiger charge is 2.22. The molecule has 2 aromatic carbocycles. The van der Waals surface area contributed by atoms with E-state index in [9.17, 15) is 9.59 Å². The van der Waals surface area contributed by atoms with Gasteiger partial charge in [0.2, 0.25) is 11.8 Å². The second kappa shape index (κ2) is 11.3. The molecule has 1 aliphatic rings. The van der Waals surface area contributed by atoms with Crippen molar-refractivity contribution in [3.05, 3.63) is 70.8 Å². The molecule has 0 spiro atoms. The topological polar surface area (TPSA) is 61.4 Å². The van der Waals surface area contributed by atoms with Crippen molar-refractivity contribution < 1.29 is 9.59 Å². The van der Waals surface area contributed by atoms with E-state index in [1.54, 1.807) is 0 Å². The fourth-order valence-electron chi connectivity index (χ4n) is 4.79. The van der Waals surface area contributed by atoms with Crippen molar-refractivity contribution in [2.24, 2.45) is 11.8 Å². The average molecular weight is 436 g/mol. The van der Waals surface area contributed by atoms with Crippen LogP contribution < -0.4 is 10.6 Å². The summed E-state index contributed by atoms with van der Waals surface area (Å²) in [4.78, 5) is 27.0. The summed E-state index contributed by atoms with van der Waals surface area (Å²) >= 11 is 0. The van der Waals surface area contributed by atoms with Gasteiger partial charge in [0.15, 0.2) is 0 Å². The standard InChI is InChI=1S/C27H37N3O2/c1-19-9-11-23(12-10-19)26(29-22(4)31)14-27(32)28-15-24-7-5-6-8-25(24)18-30-16-20(2)13-21(3)17-30/h5-12,20-21,26H,13-18H2,1-4H3,(H,28,32)(H,29,31). The Morgan fingerprint density at radius 2 is 1.62 bits per heavy atom. The Balaban J connectivity index is 1.61. The van der Waals surface area contributed by atoms with Crippen LogP contribution in [0.4, 0.5) is 0 Å². The fraction of sp³-hybridized carbons (Fsp3) is 0.481. The molecule has 1 aliphatic heterocycles. The molecule has 0 aliphatic carbocycles. The van der Waals surface area contributed by atoms with Gasteiger partial charge in [-0.15, -0.1) is 0 Å². The van der Waals surface area contributed by atoms with Crippen LogP contribution in [0.5, 0.6) is 0 Å². The van der Waals surface area contributed by atoms with Gasteiger partial charge in [-0.1, -0.05) is 67.9 Å². The van der Waals surface area contributed by atoms with E-state index < -0.39 is 0 Å². The third-order valence-electron chi connectivity index (χ3n) is 6.18. The van der Waals surface area contributed by atoms with E-state index in [0.717, 1.165) is 48.2 Å². The Morgan fingerprint density at radius 1 is 1.00 bits per heavy atom. The number of nitrogens with zero attached hydrogens (tertiary/aromatic N) is 1. The van der Waals surface area contributed by atoms with Gasteiger partial charge >= 0.3 is 0 Å². The van der Waals surface area contributed by atoms with Crippen LogP contribution in [0.2, 0.25) is 0 Å². The van der Waals surface area contributed by atoms with Crippen molar-refractivity contribution >= 4 is 11.8 Å². The molecule has 3 atom stereocenters. The smallest absolute Gasteiger partial charge is 0.222 e. The van der Waals surface area contributed by atoms with Gasteiger partial charge in [0.05, 0.1) is 12.5 Å². The summed E-state index contributed by atoms with van der Waals surface area (Å²) in [6.07, 6.45) is 1.51. The summed E-state index contributed by atoms with van der Waals surface area (Å²) in [5.74, 6) is 1.23. The molecule has 3 unspecified atom stereocenters. The lowest BCUT2D eigenvalue weighted by atomic mass is 9.91. The molecule has 3 rings (SSSR count). The molecule has 0 saturated carbocycles. The fourth-order valence-corrected chi connectivity index (χ4v) is 4.79. The maximum atomic E-state index is 12.8.